The van der Waals surface area contributed by atoms with Gasteiger partial charge in [0.1, 0.15) is 5.60 Å². The highest BCUT2D eigenvalue weighted by molar-refractivity contribution is 7.17. The van der Waals surface area contributed by atoms with Crippen molar-refractivity contribution in [3.63, 3.8) is 0 Å². The number of thiazole rings is 1. The highest BCUT2D eigenvalue weighted by Gasteiger charge is 2.19. The van der Waals surface area contributed by atoms with Gasteiger partial charge in [-0.2, -0.15) is 0 Å². The first-order chi connectivity index (χ1) is 8.23. The second-order valence-electron chi connectivity index (χ2n) is 4.69. The van der Waals surface area contributed by atoms with Crippen LogP contribution in [0.5, 0.6) is 0 Å². The maximum atomic E-state index is 11.5. The second-order valence-corrected chi connectivity index (χ2v) is 5.69. The molecule has 0 unspecified atom stereocenters. The minimum absolute atomic E-state index is 0.0745. The average molecular weight is 271 g/mol. The number of carbonyl (C=O) groups is 2. The molecule has 0 aromatic carbocycles. The van der Waals surface area contributed by atoms with Crippen LogP contribution in [0.15, 0.2) is 0 Å². The number of amides is 1. The molecule has 0 aliphatic rings. The van der Waals surface area contributed by atoms with E-state index in [0.717, 1.165) is 11.3 Å². The van der Waals surface area contributed by atoms with Gasteiger partial charge in [0, 0.05) is 0 Å². The standard InChI is InChI=1S/C11H17N3O3S/c1-6-8(7(15)5-12)18-9(13-6)14-10(16)17-11(2,3)4/h5,12H2,1-4H3,(H,13,14,16). The molecule has 18 heavy (non-hydrogen) atoms. The van der Waals surface area contributed by atoms with Crippen LogP contribution in [0.4, 0.5) is 9.93 Å². The maximum absolute atomic E-state index is 11.5. The van der Waals surface area contributed by atoms with Crippen LogP contribution in [0, 0.1) is 6.92 Å². The lowest BCUT2D eigenvalue weighted by Crippen LogP contribution is -2.27. The van der Waals surface area contributed by atoms with Gasteiger partial charge in [-0.05, 0) is 27.7 Å². The van der Waals surface area contributed by atoms with E-state index in [2.05, 4.69) is 10.3 Å². The second kappa shape index (κ2) is 5.45. The van der Waals surface area contributed by atoms with E-state index in [0.29, 0.717) is 15.7 Å². The lowest BCUT2D eigenvalue weighted by atomic mass is 10.2. The molecule has 6 nitrogen and oxygen atoms in total. The van der Waals surface area contributed by atoms with Gasteiger partial charge in [0.2, 0.25) is 0 Å². The molecule has 7 heteroatoms. The number of ketones is 1. The Hall–Kier alpha value is -1.47. The third-order valence-corrected chi connectivity index (χ3v) is 2.96. The predicted molar refractivity (Wildman–Crippen MR) is 70.1 cm³/mol. The molecule has 1 aromatic rings. The summed E-state index contributed by atoms with van der Waals surface area (Å²) in [6.45, 7) is 6.92. The van der Waals surface area contributed by atoms with Crippen molar-refractivity contribution in [1.29, 1.82) is 0 Å². The summed E-state index contributed by atoms with van der Waals surface area (Å²) in [6.07, 6.45) is -0.594. The number of rotatable bonds is 3. The van der Waals surface area contributed by atoms with E-state index < -0.39 is 11.7 Å². The number of carbonyl (C=O) groups excluding carboxylic acids is 2. The molecule has 0 aliphatic carbocycles. The summed E-state index contributed by atoms with van der Waals surface area (Å²) in [5.74, 6) is -0.192. The summed E-state index contributed by atoms with van der Waals surface area (Å²) in [5, 5.41) is 2.82. The van der Waals surface area contributed by atoms with Gasteiger partial charge < -0.3 is 10.5 Å². The van der Waals surface area contributed by atoms with Crippen LogP contribution < -0.4 is 11.1 Å². The van der Waals surface area contributed by atoms with Gasteiger partial charge in [-0.3, -0.25) is 10.1 Å². The van der Waals surface area contributed by atoms with E-state index >= 15 is 0 Å². The maximum Gasteiger partial charge on any atom is 0.413 e. The monoisotopic (exact) mass is 271 g/mol. The Morgan fingerprint density at radius 3 is 2.56 bits per heavy atom. The zero-order valence-electron chi connectivity index (χ0n) is 10.9. The van der Waals surface area contributed by atoms with E-state index in [-0.39, 0.29) is 12.3 Å². The molecule has 0 aliphatic heterocycles. The smallest absolute Gasteiger partial charge is 0.413 e. The lowest BCUT2D eigenvalue weighted by Gasteiger charge is -2.18. The van der Waals surface area contributed by atoms with Crippen molar-refractivity contribution in [1.82, 2.24) is 4.98 Å². The quantitative estimate of drug-likeness (QED) is 0.819. The molecule has 3 N–H and O–H groups in total. The minimum atomic E-state index is -0.594. The number of anilines is 1. The molecule has 0 saturated heterocycles. The number of hydrogen-bond donors (Lipinski definition) is 2. The molecule has 0 bridgehead atoms. The number of aryl methyl sites for hydroxylation is 1. The van der Waals surface area contributed by atoms with Crippen molar-refractivity contribution < 1.29 is 14.3 Å². The summed E-state index contributed by atoms with van der Waals surface area (Å²) in [6, 6.07) is 0. The van der Waals surface area contributed by atoms with Crippen LogP contribution in [0.3, 0.4) is 0 Å². The molecule has 1 amide bonds. The number of nitrogens with two attached hydrogens (primary N) is 1. The first-order valence-electron chi connectivity index (χ1n) is 5.43. The van der Waals surface area contributed by atoms with Gasteiger partial charge in [0.05, 0.1) is 17.1 Å². The molecular formula is C11H17N3O3S. The van der Waals surface area contributed by atoms with Crippen LogP contribution in [0.1, 0.15) is 36.1 Å². The van der Waals surface area contributed by atoms with Gasteiger partial charge in [-0.1, -0.05) is 11.3 Å². The van der Waals surface area contributed by atoms with Crippen molar-refractivity contribution in [3.05, 3.63) is 10.6 Å². The van der Waals surface area contributed by atoms with Crippen molar-refractivity contribution in [3.8, 4) is 0 Å². The third kappa shape index (κ3) is 4.08. The lowest BCUT2D eigenvalue weighted by molar-refractivity contribution is 0.0635. The molecule has 0 fully saturated rings. The fourth-order valence-corrected chi connectivity index (χ4v) is 2.09. The number of nitrogens with one attached hydrogen (secondary N) is 1. The zero-order chi connectivity index (χ0) is 13.9. The van der Waals surface area contributed by atoms with Crippen LogP contribution in [0.2, 0.25) is 0 Å². The summed E-state index contributed by atoms with van der Waals surface area (Å²) >= 11 is 1.09. The van der Waals surface area contributed by atoms with Crippen LogP contribution in [0.25, 0.3) is 0 Å². The molecule has 100 valence electrons. The zero-order valence-corrected chi connectivity index (χ0v) is 11.7. The number of Topliss-reactive ketones (excluding diaryl/α,β-unsaturated/α-hetero) is 1. The van der Waals surface area contributed by atoms with Gasteiger partial charge in [-0.15, -0.1) is 0 Å². The molecule has 0 radical (unpaired) electrons. The Morgan fingerprint density at radius 1 is 1.44 bits per heavy atom. The summed E-state index contributed by atoms with van der Waals surface area (Å²) in [4.78, 5) is 27.5. The Labute approximate surface area is 110 Å². The Kier molecular flexibility index (Phi) is 4.42. The van der Waals surface area contributed by atoms with E-state index in [4.69, 9.17) is 10.5 Å². The number of nitrogens with zero attached hydrogens (tertiary/aromatic N) is 1. The fraction of sp³-hybridized carbons (Fsp3) is 0.545. The summed E-state index contributed by atoms with van der Waals surface area (Å²) in [7, 11) is 0. The largest absolute Gasteiger partial charge is 0.444 e. The van der Waals surface area contributed by atoms with Crippen LogP contribution in [-0.4, -0.2) is 29.0 Å². The Morgan fingerprint density at radius 2 is 2.06 bits per heavy atom. The van der Waals surface area contributed by atoms with Crippen molar-refractivity contribution in [2.45, 2.75) is 33.3 Å². The van der Waals surface area contributed by atoms with Gasteiger partial charge >= 0.3 is 6.09 Å². The highest BCUT2D eigenvalue weighted by Crippen LogP contribution is 2.23. The summed E-state index contributed by atoms with van der Waals surface area (Å²) < 4.78 is 5.08. The predicted octanol–water partition coefficient (Wildman–Crippen LogP) is 1.94. The topological polar surface area (TPSA) is 94.3 Å². The van der Waals surface area contributed by atoms with Gasteiger partial charge in [-0.25, -0.2) is 9.78 Å². The fourth-order valence-electron chi connectivity index (χ4n) is 1.19. The van der Waals surface area contributed by atoms with Crippen molar-refractivity contribution in [2.75, 3.05) is 11.9 Å². The molecule has 1 aromatic heterocycles. The highest BCUT2D eigenvalue weighted by atomic mass is 32.1. The third-order valence-electron chi connectivity index (χ3n) is 1.84. The Bertz CT molecular complexity index is 463. The first kappa shape index (κ1) is 14.6. The van der Waals surface area contributed by atoms with E-state index in [1.165, 1.54) is 0 Å². The molecular weight excluding hydrogens is 254 g/mol. The number of ether oxygens (including phenoxy) is 1. The van der Waals surface area contributed by atoms with E-state index in [1.807, 2.05) is 0 Å². The van der Waals surface area contributed by atoms with E-state index in [1.54, 1.807) is 27.7 Å². The van der Waals surface area contributed by atoms with Crippen molar-refractivity contribution in [2.24, 2.45) is 5.73 Å². The van der Waals surface area contributed by atoms with Crippen molar-refractivity contribution >= 4 is 28.3 Å². The molecule has 0 spiro atoms. The first-order valence-corrected chi connectivity index (χ1v) is 6.25. The number of aromatic nitrogens is 1. The molecule has 1 rings (SSSR count). The Balaban J connectivity index is 2.75. The molecule has 1 heterocycles. The van der Waals surface area contributed by atoms with Gasteiger partial charge in [0.25, 0.3) is 0 Å². The minimum Gasteiger partial charge on any atom is -0.444 e. The SMILES string of the molecule is Cc1nc(NC(=O)OC(C)(C)C)sc1C(=O)CN. The van der Waals surface area contributed by atoms with Crippen LogP contribution >= 0.6 is 11.3 Å². The number of hydrogen-bond acceptors (Lipinski definition) is 6. The molecule has 0 atom stereocenters. The molecule has 0 saturated carbocycles. The normalized spacial score (nSPS) is 11.2. The summed E-state index contributed by atoms with van der Waals surface area (Å²) in [5.41, 5.74) is 5.26. The van der Waals surface area contributed by atoms with Crippen LogP contribution in [-0.2, 0) is 4.74 Å². The van der Waals surface area contributed by atoms with Gasteiger partial charge in [0.15, 0.2) is 10.9 Å². The van der Waals surface area contributed by atoms with E-state index in [9.17, 15) is 9.59 Å². The average Bonchev–Trinajstić information content (AvgIpc) is 2.55.